The second kappa shape index (κ2) is 6.28. The summed E-state index contributed by atoms with van der Waals surface area (Å²) in [6, 6.07) is 12.9. The third-order valence-corrected chi connectivity index (χ3v) is 4.51. The molecule has 0 saturated heterocycles. The van der Waals surface area contributed by atoms with Gasteiger partial charge in [-0.1, -0.05) is 42.0 Å². The van der Waals surface area contributed by atoms with Crippen molar-refractivity contribution in [3.63, 3.8) is 0 Å². The Bertz CT molecular complexity index is 722. The van der Waals surface area contributed by atoms with E-state index in [9.17, 15) is 8.42 Å². The van der Waals surface area contributed by atoms with Crippen molar-refractivity contribution in [2.45, 2.75) is 26.1 Å². The minimum Gasteiger partial charge on any atom is -0.326 e. The van der Waals surface area contributed by atoms with E-state index in [1.165, 1.54) is 0 Å². The van der Waals surface area contributed by atoms with Gasteiger partial charge in [-0.25, -0.2) is 8.42 Å². The van der Waals surface area contributed by atoms with Gasteiger partial charge in [0, 0.05) is 6.54 Å². The monoisotopic (exact) mass is 304 g/mol. The lowest BCUT2D eigenvalue weighted by Gasteiger charge is -2.11. The van der Waals surface area contributed by atoms with Crippen LogP contribution in [0.15, 0.2) is 42.5 Å². The smallest absolute Gasteiger partial charge is 0.236 e. The summed E-state index contributed by atoms with van der Waals surface area (Å²) in [5.41, 5.74) is 9.90. The van der Waals surface area contributed by atoms with Crippen LogP contribution >= 0.6 is 0 Å². The van der Waals surface area contributed by atoms with Gasteiger partial charge >= 0.3 is 0 Å². The molecule has 0 aliphatic rings. The molecule has 0 heterocycles. The lowest BCUT2D eigenvalue weighted by Crippen LogP contribution is -2.15. The van der Waals surface area contributed by atoms with Crippen LogP contribution in [-0.2, 0) is 22.3 Å². The largest absolute Gasteiger partial charge is 0.326 e. The zero-order valence-electron chi connectivity index (χ0n) is 12.3. The van der Waals surface area contributed by atoms with Crippen LogP contribution in [0.2, 0.25) is 0 Å². The number of rotatable bonds is 5. The van der Waals surface area contributed by atoms with Gasteiger partial charge in [0.2, 0.25) is 10.0 Å². The van der Waals surface area contributed by atoms with Crippen LogP contribution in [0.5, 0.6) is 0 Å². The number of benzene rings is 2. The zero-order chi connectivity index (χ0) is 15.5. The molecule has 0 aromatic heterocycles. The second-order valence-electron chi connectivity index (χ2n) is 5.20. The number of anilines is 1. The highest BCUT2D eigenvalue weighted by Crippen LogP contribution is 2.19. The zero-order valence-corrected chi connectivity index (χ0v) is 13.1. The van der Waals surface area contributed by atoms with Gasteiger partial charge in [0.1, 0.15) is 0 Å². The van der Waals surface area contributed by atoms with E-state index in [4.69, 9.17) is 5.73 Å². The summed E-state index contributed by atoms with van der Waals surface area (Å²) in [6.45, 7) is 4.32. The van der Waals surface area contributed by atoms with E-state index in [0.717, 1.165) is 22.3 Å². The number of aryl methyl sites for hydroxylation is 2. The summed E-state index contributed by atoms with van der Waals surface area (Å²) in [4.78, 5) is 0. The fourth-order valence-corrected chi connectivity index (χ4v) is 3.39. The number of sulfonamides is 1. The van der Waals surface area contributed by atoms with E-state index in [2.05, 4.69) is 4.72 Å². The van der Waals surface area contributed by atoms with Crippen molar-refractivity contribution in [3.05, 3.63) is 64.7 Å². The number of hydrogen-bond acceptors (Lipinski definition) is 3. The standard InChI is InChI=1S/C16H20N2O2S/c1-12-3-8-16(13(2)9-12)18-21(19,20)11-15-6-4-14(10-17)5-7-15/h3-9,18H,10-11,17H2,1-2H3. The molecule has 0 spiro atoms. The van der Waals surface area contributed by atoms with Crippen LogP contribution in [0.3, 0.4) is 0 Å². The van der Waals surface area contributed by atoms with E-state index in [0.29, 0.717) is 12.2 Å². The fraction of sp³-hybridized carbons (Fsp3) is 0.250. The van der Waals surface area contributed by atoms with Crippen molar-refractivity contribution in [3.8, 4) is 0 Å². The fourth-order valence-electron chi connectivity index (χ4n) is 2.12. The first-order valence-electron chi connectivity index (χ1n) is 6.75. The Labute approximate surface area is 126 Å². The van der Waals surface area contributed by atoms with Gasteiger partial charge < -0.3 is 5.73 Å². The summed E-state index contributed by atoms with van der Waals surface area (Å²) in [5, 5.41) is 0. The van der Waals surface area contributed by atoms with E-state index < -0.39 is 10.0 Å². The molecule has 2 aromatic carbocycles. The average Bonchev–Trinajstić information content (AvgIpc) is 2.42. The molecule has 0 radical (unpaired) electrons. The highest BCUT2D eigenvalue weighted by atomic mass is 32.2. The second-order valence-corrected chi connectivity index (χ2v) is 6.92. The SMILES string of the molecule is Cc1ccc(NS(=O)(=O)Cc2ccc(CN)cc2)c(C)c1. The lowest BCUT2D eigenvalue weighted by atomic mass is 10.1. The third-order valence-electron chi connectivity index (χ3n) is 3.26. The molecule has 0 aliphatic heterocycles. The van der Waals surface area contributed by atoms with Crippen molar-refractivity contribution < 1.29 is 8.42 Å². The van der Waals surface area contributed by atoms with Crippen LogP contribution in [0.4, 0.5) is 5.69 Å². The summed E-state index contributed by atoms with van der Waals surface area (Å²) in [6.07, 6.45) is 0. The normalized spacial score (nSPS) is 11.4. The molecule has 0 atom stereocenters. The molecule has 0 unspecified atom stereocenters. The Morgan fingerprint density at radius 1 is 1.00 bits per heavy atom. The molecule has 0 saturated carbocycles. The van der Waals surface area contributed by atoms with Gasteiger partial charge in [-0.2, -0.15) is 0 Å². The molecule has 2 rings (SSSR count). The number of hydrogen-bond donors (Lipinski definition) is 2. The topological polar surface area (TPSA) is 72.2 Å². The van der Waals surface area contributed by atoms with E-state index in [-0.39, 0.29) is 5.75 Å². The van der Waals surface area contributed by atoms with Crippen LogP contribution < -0.4 is 10.5 Å². The van der Waals surface area contributed by atoms with Gasteiger partial charge in [0.25, 0.3) is 0 Å². The molecular weight excluding hydrogens is 284 g/mol. The number of nitrogens with one attached hydrogen (secondary N) is 1. The van der Waals surface area contributed by atoms with Gasteiger partial charge in [0.15, 0.2) is 0 Å². The molecule has 2 aromatic rings. The van der Waals surface area contributed by atoms with Gasteiger partial charge in [-0.15, -0.1) is 0 Å². The molecule has 112 valence electrons. The molecule has 21 heavy (non-hydrogen) atoms. The maximum absolute atomic E-state index is 12.2. The molecule has 5 heteroatoms. The molecule has 0 fully saturated rings. The minimum absolute atomic E-state index is 0.0504. The minimum atomic E-state index is -3.42. The van der Waals surface area contributed by atoms with Crippen LogP contribution in [0.1, 0.15) is 22.3 Å². The molecule has 0 aliphatic carbocycles. The Morgan fingerprint density at radius 2 is 1.62 bits per heavy atom. The van der Waals surface area contributed by atoms with Crippen molar-refractivity contribution in [2.24, 2.45) is 5.73 Å². The highest BCUT2D eigenvalue weighted by Gasteiger charge is 2.13. The first kappa shape index (κ1) is 15.5. The number of nitrogens with two attached hydrogens (primary N) is 1. The molecule has 0 bridgehead atoms. The summed E-state index contributed by atoms with van der Waals surface area (Å²) in [5.74, 6) is -0.0504. The molecule has 3 N–H and O–H groups in total. The Kier molecular flexibility index (Phi) is 4.65. The maximum Gasteiger partial charge on any atom is 0.236 e. The first-order chi connectivity index (χ1) is 9.89. The predicted octanol–water partition coefficient (Wildman–Crippen LogP) is 2.70. The summed E-state index contributed by atoms with van der Waals surface area (Å²) < 4.78 is 27.1. The Balaban J connectivity index is 2.14. The maximum atomic E-state index is 12.2. The van der Waals surface area contributed by atoms with E-state index >= 15 is 0 Å². The summed E-state index contributed by atoms with van der Waals surface area (Å²) >= 11 is 0. The van der Waals surface area contributed by atoms with Gasteiger partial charge in [-0.05, 0) is 36.6 Å². The van der Waals surface area contributed by atoms with Crippen molar-refractivity contribution >= 4 is 15.7 Å². The molecule has 4 nitrogen and oxygen atoms in total. The van der Waals surface area contributed by atoms with Crippen molar-refractivity contribution in [1.82, 2.24) is 0 Å². The Hall–Kier alpha value is -1.85. The predicted molar refractivity (Wildman–Crippen MR) is 86.5 cm³/mol. The molecular formula is C16H20N2O2S. The van der Waals surface area contributed by atoms with E-state index in [1.807, 2.05) is 38.1 Å². The summed E-state index contributed by atoms with van der Waals surface area (Å²) in [7, 11) is -3.42. The van der Waals surface area contributed by atoms with Crippen molar-refractivity contribution in [2.75, 3.05) is 4.72 Å². The highest BCUT2D eigenvalue weighted by molar-refractivity contribution is 7.91. The van der Waals surface area contributed by atoms with Gasteiger partial charge in [-0.3, -0.25) is 4.72 Å². The quantitative estimate of drug-likeness (QED) is 0.892. The van der Waals surface area contributed by atoms with Crippen molar-refractivity contribution in [1.29, 1.82) is 0 Å². The average molecular weight is 304 g/mol. The Morgan fingerprint density at radius 3 is 2.19 bits per heavy atom. The van der Waals surface area contributed by atoms with Crippen LogP contribution in [0, 0.1) is 13.8 Å². The first-order valence-corrected chi connectivity index (χ1v) is 8.40. The lowest BCUT2D eigenvalue weighted by molar-refractivity contribution is 0.600. The van der Waals surface area contributed by atoms with Crippen LogP contribution in [0.25, 0.3) is 0 Å². The third kappa shape index (κ3) is 4.31. The van der Waals surface area contributed by atoms with E-state index in [1.54, 1.807) is 18.2 Å². The van der Waals surface area contributed by atoms with Crippen LogP contribution in [-0.4, -0.2) is 8.42 Å². The van der Waals surface area contributed by atoms with Gasteiger partial charge in [0.05, 0.1) is 11.4 Å². The molecule has 0 amide bonds.